The third-order valence-corrected chi connectivity index (χ3v) is 14.0. The van der Waals surface area contributed by atoms with Gasteiger partial charge < -0.3 is 0 Å². The van der Waals surface area contributed by atoms with Crippen molar-refractivity contribution in [1.82, 2.24) is 0 Å². The molecule has 4 heteroatoms. The van der Waals surface area contributed by atoms with E-state index < -0.39 is 13.6 Å². The van der Waals surface area contributed by atoms with E-state index in [9.17, 15) is 0 Å². The molecule has 0 unspecified atom stereocenters. The molecule has 0 spiro atoms. The van der Waals surface area contributed by atoms with Crippen molar-refractivity contribution in [2.75, 3.05) is 0 Å². The van der Waals surface area contributed by atoms with Gasteiger partial charge in [-0.1, -0.05) is 0 Å². The van der Waals surface area contributed by atoms with E-state index in [1.807, 2.05) is 0 Å². The molecule has 0 aliphatic carbocycles. The van der Waals surface area contributed by atoms with Gasteiger partial charge in [-0.25, -0.2) is 0 Å². The van der Waals surface area contributed by atoms with Crippen molar-refractivity contribution >= 4 is 74.4 Å². The molecule has 0 amide bonds. The molecule has 0 saturated heterocycles. The molecule has 116 valence electrons. The summed E-state index contributed by atoms with van der Waals surface area (Å²) in [7, 11) is 0. The molecular formula is C19H15AsBr3+. The standard InChI is InChI=1S/C19H15AsBr3/c1-20(14-2-8-17(21)9-3-14,15-4-10-18(22)11-5-15)16-6-12-19(23)13-7-16/h2-13H,1H3/q+1. The molecule has 0 saturated carbocycles. The molecule has 23 heavy (non-hydrogen) atoms. The molecule has 0 aromatic heterocycles. The maximum atomic E-state index is 3.55. The van der Waals surface area contributed by atoms with Crippen LogP contribution < -0.4 is 13.1 Å². The minimum atomic E-state index is -2.44. The Morgan fingerprint density at radius 3 is 0.913 bits per heavy atom. The Hall–Kier alpha value is -0.342. The second kappa shape index (κ2) is 7.27. The molecular weight excluding hydrogens is 543 g/mol. The van der Waals surface area contributed by atoms with Crippen molar-refractivity contribution in [1.29, 1.82) is 0 Å². The van der Waals surface area contributed by atoms with E-state index in [0.29, 0.717) is 0 Å². The van der Waals surface area contributed by atoms with Crippen LogP contribution in [0.15, 0.2) is 86.2 Å². The normalized spacial score (nSPS) is 11.5. The van der Waals surface area contributed by atoms with E-state index in [1.165, 1.54) is 13.1 Å². The Balaban J connectivity index is 2.21. The SMILES string of the molecule is C[As+](c1ccc(Br)cc1)(c1ccc(Br)cc1)c1ccc(Br)cc1. The van der Waals surface area contributed by atoms with E-state index >= 15 is 0 Å². The van der Waals surface area contributed by atoms with Crippen molar-refractivity contribution in [2.24, 2.45) is 0 Å². The number of rotatable bonds is 3. The zero-order chi connectivity index (χ0) is 16.4. The minimum absolute atomic E-state index is 1.12. The van der Waals surface area contributed by atoms with Crippen molar-refractivity contribution in [3.05, 3.63) is 86.2 Å². The van der Waals surface area contributed by atoms with Crippen LogP contribution in [0.4, 0.5) is 0 Å². The van der Waals surface area contributed by atoms with E-state index in [2.05, 4.69) is 126 Å². The summed E-state index contributed by atoms with van der Waals surface area (Å²) in [6.45, 7) is 0. The summed E-state index contributed by atoms with van der Waals surface area (Å²) >= 11 is 8.21. The van der Waals surface area contributed by atoms with Crippen LogP contribution in [0.5, 0.6) is 0 Å². The summed E-state index contributed by atoms with van der Waals surface area (Å²) in [6, 6.07) is 26.5. The zero-order valence-corrected chi connectivity index (χ0v) is 19.1. The first kappa shape index (κ1) is 17.5. The van der Waals surface area contributed by atoms with E-state index in [0.717, 1.165) is 13.4 Å². The molecule has 3 aromatic rings. The average Bonchev–Trinajstić information content (AvgIpc) is 2.56. The van der Waals surface area contributed by atoms with Gasteiger partial charge in [0.05, 0.1) is 0 Å². The molecule has 0 aliphatic rings. The summed E-state index contributed by atoms with van der Waals surface area (Å²) in [5.74, 6) is 0. The first-order chi connectivity index (χ1) is 11.0. The Labute approximate surface area is 165 Å². The third kappa shape index (κ3) is 3.69. The molecule has 3 rings (SSSR count). The van der Waals surface area contributed by atoms with E-state index in [1.54, 1.807) is 0 Å². The number of benzene rings is 3. The van der Waals surface area contributed by atoms with Gasteiger partial charge in [-0.15, -0.1) is 0 Å². The molecule has 0 heterocycles. The van der Waals surface area contributed by atoms with Gasteiger partial charge >= 0.3 is 166 Å². The Bertz CT molecular complexity index is 683. The van der Waals surface area contributed by atoms with Crippen molar-refractivity contribution in [3.8, 4) is 0 Å². The molecule has 0 bridgehead atoms. The first-order valence-corrected chi connectivity index (χ1v) is 14.2. The summed E-state index contributed by atoms with van der Waals surface area (Å²) in [5.41, 5.74) is 2.45. The summed E-state index contributed by atoms with van der Waals surface area (Å²) < 4.78 is 7.68. The molecule has 3 aromatic carbocycles. The first-order valence-electron chi connectivity index (χ1n) is 7.15. The van der Waals surface area contributed by atoms with Crippen LogP contribution in [0, 0.1) is 0 Å². The van der Waals surface area contributed by atoms with Gasteiger partial charge in [-0.05, 0) is 0 Å². The van der Waals surface area contributed by atoms with Crippen molar-refractivity contribution in [3.63, 3.8) is 0 Å². The quantitative estimate of drug-likeness (QED) is 0.394. The molecule has 0 radical (unpaired) electrons. The van der Waals surface area contributed by atoms with Crippen LogP contribution in [-0.2, 0) is 0 Å². The summed E-state index contributed by atoms with van der Waals surface area (Å²) in [4.78, 5) is 0. The number of hydrogen-bond donors (Lipinski definition) is 0. The van der Waals surface area contributed by atoms with Gasteiger partial charge in [0.1, 0.15) is 0 Å². The molecule has 0 fully saturated rings. The van der Waals surface area contributed by atoms with E-state index in [4.69, 9.17) is 0 Å². The molecule has 0 aliphatic heterocycles. The number of halogens is 3. The van der Waals surface area contributed by atoms with Gasteiger partial charge in [0.25, 0.3) is 0 Å². The van der Waals surface area contributed by atoms with Gasteiger partial charge in [0.15, 0.2) is 0 Å². The van der Waals surface area contributed by atoms with Gasteiger partial charge in [-0.2, -0.15) is 0 Å². The fourth-order valence-electron chi connectivity index (χ4n) is 2.66. The second-order valence-corrected chi connectivity index (χ2v) is 15.7. The average molecular weight is 558 g/mol. The maximum absolute atomic E-state index is 3.55. The van der Waals surface area contributed by atoms with Crippen LogP contribution in [0.1, 0.15) is 0 Å². The Morgan fingerprint density at radius 2 is 0.696 bits per heavy atom. The number of hydrogen-bond acceptors (Lipinski definition) is 0. The van der Waals surface area contributed by atoms with Crippen LogP contribution in [-0.4, -0.2) is 13.6 Å². The summed E-state index contributed by atoms with van der Waals surface area (Å²) in [6.07, 6.45) is 0. The van der Waals surface area contributed by atoms with Crippen molar-refractivity contribution < 1.29 is 0 Å². The van der Waals surface area contributed by atoms with Gasteiger partial charge in [0, 0.05) is 0 Å². The molecule has 0 N–H and O–H groups in total. The predicted molar refractivity (Wildman–Crippen MR) is 113 cm³/mol. The van der Waals surface area contributed by atoms with Crippen LogP contribution >= 0.6 is 47.8 Å². The summed E-state index contributed by atoms with van der Waals surface area (Å²) in [5, 5.41) is 0. The molecule has 0 atom stereocenters. The van der Waals surface area contributed by atoms with Crippen LogP contribution in [0.2, 0.25) is 5.71 Å². The van der Waals surface area contributed by atoms with E-state index in [-0.39, 0.29) is 0 Å². The van der Waals surface area contributed by atoms with Gasteiger partial charge in [-0.3, -0.25) is 0 Å². The van der Waals surface area contributed by atoms with Gasteiger partial charge in [0.2, 0.25) is 0 Å². The van der Waals surface area contributed by atoms with Crippen LogP contribution in [0.25, 0.3) is 0 Å². The Morgan fingerprint density at radius 1 is 0.478 bits per heavy atom. The third-order valence-electron chi connectivity index (χ3n) is 4.03. The topological polar surface area (TPSA) is 0 Å². The van der Waals surface area contributed by atoms with Crippen molar-refractivity contribution in [2.45, 2.75) is 5.71 Å². The fourth-order valence-corrected chi connectivity index (χ4v) is 10.0. The predicted octanol–water partition coefficient (Wildman–Crippen LogP) is 5.07. The zero-order valence-electron chi connectivity index (χ0n) is 12.5. The van der Waals surface area contributed by atoms with Crippen LogP contribution in [0.3, 0.4) is 0 Å². The second-order valence-electron chi connectivity index (χ2n) is 5.44. The fraction of sp³-hybridized carbons (Fsp3) is 0.0526. The Kier molecular flexibility index (Phi) is 5.52. The molecule has 0 nitrogen and oxygen atoms in total. The monoisotopic (exact) mass is 555 g/mol.